The second-order valence-electron chi connectivity index (χ2n) is 8.12. The maximum absolute atomic E-state index is 14.3. The average molecular weight is 520 g/mol. The van der Waals surface area contributed by atoms with Crippen molar-refractivity contribution in [3.8, 4) is 5.88 Å². The third-order valence-corrected chi connectivity index (χ3v) is 5.69. The lowest BCUT2D eigenvalue weighted by atomic mass is 9.99. The molecule has 1 aromatic carbocycles. The van der Waals surface area contributed by atoms with Gasteiger partial charge in [-0.05, 0) is 43.2 Å². The number of amides is 1. The van der Waals surface area contributed by atoms with Crippen LogP contribution in [0.15, 0.2) is 30.3 Å². The molecule has 0 aliphatic heterocycles. The molecule has 0 fully saturated rings. The summed E-state index contributed by atoms with van der Waals surface area (Å²) in [4.78, 5) is 16.2. The summed E-state index contributed by atoms with van der Waals surface area (Å²) in [5, 5.41) is 2.60. The maximum Gasteiger partial charge on any atom is 0.433 e. The number of alkyl halides is 3. The Balaban J connectivity index is 2.10. The van der Waals surface area contributed by atoms with Crippen LogP contribution in [0.4, 0.5) is 23.2 Å². The van der Waals surface area contributed by atoms with Crippen molar-refractivity contribution >= 4 is 21.6 Å². The van der Waals surface area contributed by atoms with Crippen LogP contribution in [-0.4, -0.2) is 32.2 Å². The fourth-order valence-electron chi connectivity index (χ4n) is 3.15. The number of unbranched alkanes of at least 4 members (excludes halogenated alkanes) is 3. The van der Waals surface area contributed by atoms with Crippen molar-refractivity contribution < 1.29 is 35.5 Å². The Hall–Kier alpha value is -2.89. The highest BCUT2D eigenvalue weighted by atomic mass is 32.2. The van der Waals surface area contributed by atoms with Crippen LogP contribution in [0, 0.1) is 5.82 Å². The number of pyridine rings is 1. The van der Waals surface area contributed by atoms with Gasteiger partial charge < -0.3 is 10.1 Å². The standard InChI is InChI=1S/C23H29F4N3O4S/c1-4-5-6-7-12-34-22-17(9-11-20(29-22)23(25,26)27)14-28-21(31)15(2)16-8-10-19(18(24)13-16)30-35(3,32)33/h8-11,13,15,30H,4-7,12,14H2,1-3H3,(H,28,31)/t15-/m0/s1. The van der Waals surface area contributed by atoms with E-state index in [4.69, 9.17) is 4.74 Å². The van der Waals surface area contributed by atoms with E-state index in [2.05, 4.69) is 10.3 Å². The molecular formula is C23H29F4N3O4S. The van der Waals surface area contributed by atoms with Crippen molar-refractivity contribution in [2.45, 2.75) is 58.2 Å². The lowest BCUT2D eigenvalue weighted by Crippen LogP contribution is -2.28. The van der Waals surface area contributed by atoms with E-state index < -0.39 is 39.5 Å². The van der Waals surface area contributed by atoms with Crippen LogP contribution in [0.1, 0.15) is 62.3 Å². The van der Waals surface area contributed by atoms with E-state index in [-0.39, 0.29) is 35.8 Å². The van der Waals surface area contributed by atoms with E-state index in [0.29, 0.717) is 6.42 Å². The number of carbonyl (C=O) groups is 1. The third-order valence-electron chi connectivity index (χ3n) is 5.10. The van der Waals surface area contributed by atoms with Crippen molar-refractivity contribution in [1.29, 1.82) is 0 Å². The first-order chi connectivity index (χ1) is 16.3. The number of hydrogen-bond donors (Lipinski definition) is 2. The quantitative estimate of drug-likeness (QED) is 0.304. The summed E-state index contributed by atoms with van der Waals surface area (Å²) in [5.74, 6) is -2.38. The molecule has 194 valence electrons. The molecule has 0 aliphatic rings. The van der Waals surface area contributed by atoms with E-state index in [9.17, 15) is 30.8 Å². The number of nitrogens with one attached hydrogen (secondary N) is 2. The second kappa shape index (κ2) is 12.2. The first-order valence-corrected chi connectivity index (χ1v) is 13.0. The molecule has 2 aromatic rings. The fraction of sp³-hybridized carbons (Fsp3) is 0.478. The Bertz CT molecular complexity index is 1120. The highest BCUT2D eigenvalue weighted by molar-refractivity contribution is 7.92. The van der Waals surface area contributed by atoms with Gasteiger partial charge in [0.05, 0.1) is 24.5 Å². The Morgan fingerprint density at radius 3 is 2.46 bits per heavy atom. The molecule has 35 heavy (non-hydrogen) atoms. The number of ether oxygens (including phenoxy) is 1. The summed E-state index contributed by atoms with van der Waals surface area (Å²) >= 11 is 0. The van der Waals surface area contributed by atoms with Crippen LogP contribution in [0.25, 0.3) is 0 Å². The van der Waals surface area contributed by atoms with Crippen molar-refractivity contribution in [3.63, 3.8) is 0 Å². The van der Waals surface area contributed by atoms with E-state index in [1.807, 2.05) is 11.6 Å². The number of rotatable bonds is 12. The highest BCUT2D eigenvalue weighted by Crippen LogP contribution is 2.30. The molecule has 0 unspecified atom stereocenters. The van der Waals surface area contributed by atoms with Gasteiger partial charge in [-0.2, -0.15) is 13.2 Å². The number of sulfonamides is 1. The normalized spacial score (nSPS) is 12.8. The number of halogens is 4. The molecular weight excluding hydrogens is 490 g/mol. The summed E-state index contributed by atoms with van der Waals surface area (Å²) in [5.41, 5.74) is -0.784. The molecule has 2 rings (SSSR count). The largest absolute Gasteiger partial charge is 0.477 e. The van der Waals surface area contributed by atoms with Gasteiger partial charge in [0.2, 0.25) is 21.8 Å². The molecule has 1 aromatic heterocycles. The zero-order valence-electron chi connectivity index (χ0n) is 19.7. The van der Waals surface area contributed by atoms with Gasteiger partial charge in [-0.3, -0.25) is 9.52 Å². The summed E-state index contributed by atoms with van der Waals surface area (Å²) in [6.45, 7) is 3.60. The van der Waals surface area contributed by atoms with Gasteiger partial charge in [0.15, 0.2) is 0 Å². The molecule has 0 spiro atoms. The van der Waals surface area contributed by atoms with E-state index in [1.165, 1.54) is 25.1 Å². The minimum absolute atomic E-state index is 0.144. The van der Waals surface area contributed by atoms with Crippen LogP contribution in [0.5, 0.6) is 5.88 Å². The first-order valence-electron chi connectivity index (χ1n) is 11.1. The zero-order chi connectivity index (χ0) is 26.2. The Kier molecular flexibility index (Phi) is 9.87. The molecule has 0 bridgehead atoms. The second-order valence-corrected chi connectivity index (χ2v) is 9.87. The third kappa shape index (κ3) is 9.00. The molecule has 1 heterocycles. The number of aromatic nitrogens is 1. The number of carbonyl (C=O) groups excluding carboxylic acids is 1. The lowest BCUT2D eigenvalue weighted by Gasteiger charge is -2.16. The van der Waals surface area contributed by atoms with E-state index >= 15 is 0 Å². The van der Waals surface area contributed by atoms with Gasteiger partial charge in [0.1, 0.15) is 11.5 Å². The predicted octanol–water partition coefficient (Wildman–Crippen LogP) is 4.99. The number of nitrogens with zero attached hydrogens (tertiary/aromatic N) is 1. The van der Waals surface area contributed by atoms with Crippen LogP contribution >= 0.6 is 0 Å². The topological polar surface area (TPSA) is 97.4 Å². The van der Waals surface area contributed by atoms with Crippen molar-refractivity contribution in [3.05, 3.63) is 53.0 Å². The smallest absolute Gasteiger partial charge is 0.433 e. The van der Waals surface area contributed by atoms with E-state index in [1.54, 1.807) is 0 Å². The first kappa shape index (κ1) is 28.3. The van der Waals surface area contributed by atoms with Gasteiger partial charge in [-0.15, -0.1) is 0 Å². The lowest BCUT2D eigenvalue weighted by molar-refractivity contribution is -0.141. The van der Waals surface area contributed by atoms with Gasteiger partial charge in [-0.1, -0.05) is 32.3 Å². The zero-order valence-corrected chi connectivity index (χ0v) is 20.5. The molecule has 0 saturated carbocycles. The summed E-state index contributed by atoms with van der Waals surface area (Å²) in [6.07, 6.45) is -0.253. The summed E-state index contributed by atoms with van der Waals surface area (Å²) in [7, 11) is -3.67. The maximum atomic E-state index is 14.3. The molecule has 12 heteroatoms. The van der Waals surface area contributed by atoms with Gasteiger partial charge >= 0.3 is 6.18 Å². The Morgan fingerprint density at radius 2 is 1.86 bits per heavy atom. The predicted molar refractivity (Wildman–Crippen MR) is 124 cm³/mol. The Labute approximate surface area is 202 Å². The molecule has 1 amide bonds. The monoisotopic (exact) mass is 519 g/mol. The van der Waals surface area contributed by atoms with Crippen molar-refractivity contribution in [2.75, 3.05) is 17.6 Å². The molecule has 0 radical (unpaired) electrons. The number of benzene rings is 1. The van der Waals surface area contributed by atoms with E-state index in [0.717, 1.165) is 37.7 Å². The molecule has 1 atom stereocenters. The number of hydrogen-bond acceptors (Lipinski definition) is 5. The molecule has 7 nitrogen and oxygen atoms in total. The minimum Gasteiger partial charge on any atom is -0.477 e. The van der Waals surface area contributed by atoms with Crippen molar-refractivity contribution in [1.82, 2.24) is 10.3 Å². The molecule has 2 N–H and O–H groups in total. The number of anilines is 1. The van der Waals surface area contributed by atoms with Gasteiger partial charge in [0, 0.05) is 12.1 Å². The van der Waals surface area contributed by atoms with Crippen LogP contribution < -0.4 is 14.8 Å². The average Bonchev–Trinajstić information content (AvgIpc) is 2.77. The van der Waals surface area contributed by atoms with Crippen LogP contribution in [0.3, 0.4) is 0 Å². The molecule has 0 saturated heterocycles. The SMILES string of the molecule is CCCCCCOc1nc(C(F)(F)F)ccc1CNC(=O)[C@@H](C)c1ccc(NS(C)(=O)=O)c(F)c1. The minimum atomic E-state index is -4.64. The summed E-state index contributed by atoms with van der Waals surface area (Å²) < 4.78 is 83.7. The summed E-state index contributed by atoms with van der Waals surface area (Å²) in [6, 6.07) is 5.68. The van der Waals surface area contributed by atoms with Crippen molar-refractivity contribution in [2.24, 2.45) is 0 Å². The van der Waals surface area contributed by atoms with Crippen LogP contribution in [0.2, 0.25) is 0 Å². The van der Waals surface area contributed by atoms with Gasteiger partial charge in [-0.25, -0.2) is 17.8 Å². The van der Waals surface area contributed by atoms with Gasteiger partial charge in [0.25, 0.3) is 0 Å². The molecule has 0 aliphatic carbocycles. The highest BCUT2D eigenvalue weighted by Gasteiger charge is 2.33. The fourth-order valence-corrected chi connectivity index (χ4v) is 3.72. The Morgan fingerprint density at radius 1 is 1.14 bits per heavy atom. The van der Waals surface area contributed by atoms with Crippen LogP contribution in [-0.2, 0) is 27.5 Å².